The van der Waals surface area contributed by atoms with Crippen molar-refractivity contribution in [2.75, 3.05) is 0 Å². The molecule has 0 spiro atoms. The standard InChI is InChI=1S/C31H60O6Si/c1-5-8-11-14-17-20-23-26-29(32)35-38(4,36-30(33)27-24-21-18-15-12-9-6-2)37-31(34)28-25-22-19-16-13-10-7-3/h5-28H2,1-4H3. The molecule has 7 heteroatoms. The number of rotatable bonds is 27. The predicted octanol–water partition coefficient (Wildman–Crippen LogP) is 9.61. The highest BCUT2D eigenvalue weighted by molar-refractivity contribution is 6.64. The van der Waals surface area contributed by atoms with Crippen LogP contribution in [-0.2, 0) is 27.7 Å². The molecule has 0 saturated heterocycles. The normalized spacial score (nSPS) is 11.4. The topological polar surface area (TPSA) is 78.9 Å². The van der Waals surface area contributed by atoms with Gasteiger partial charge in [-0.2, -0.15) is 0 Å². The van der Waals surface area contributed by atoms with Gasteiger partial charge < -0.3 is 13.3 Å². The van der Waals surface area contributed by atoms with Gasteiger partial charge in [0.15, 0.2) is 0 Å². The second-order valence-electron chi connectivity index (χ2n) is 10.9. The van der Waals surface area contributed by atoms with E-state index in [0.29, 0.717) is 0 Å². The minimum Gasteiger partial charge on any atom is -0.455 e. The van der Waals surface area contributed by atoms with Gasteiger partial charge in [-0.25, -0.2) is 0 Å². The summed E-state index contributed by atoms with van der Waals surface area (Å²) in [6.07, 6.45) is 23.8. The Balaban J connectivity index is 4.62. The Morgan fingerprint density at radius 2 is 0.605 bits per heavy atom. The molecule has 224 valence electrons. The predicted molar refractivity (Wildman–Crippen MR) is 158 cm³/mol. The highest BCUT2D eigenvalue weighted by Gasteiger charge is 2.47. The maximum atomic E-state index is 12.6. The smallest absolute Gasteiger partial charge is 0.455 e. The minimum absolute atomic E-state index is 0.251. The molecule has 0 unspecified atom stereocenters. The lowest BCUT2D eigenvalue weighted by molar-refractivity contribution is -0.150. The summed E-state index contributed by atoms with van der Waals surface area (Å²) < 4.78 is 16.7. The number of carbonyl (C=O) groups excluding carboxylic acids is 3. The zero-order valence-electron chi connectivity index (χ0n) is 25.4. The molecule has 0 aliphatic rings. The Bertz CT molecular complexity index is 516. The van der Waals surface area contributed by atoms with E-state index in [1.807, 2.05) is 0 Å². The molecule has 0 aliphatic heterocycles. The van der Waals surface area contributed by atoms with Gasteiger partial charge in [-0.05, 0) is 19.3 Å². The first kappa shape index (κ1) is 36.6. The number of hydrogen-bond donors (Lipinski definition) is 0. The van der Waals surface area contributed by atoms with Crippen molar-refractivity contribution in [1.82, 2.24) is 0 Å². The summed E-state index contributed by atoms with van der Waals surface area (Å²) >= 11 is 0. The Morgan fingerprint density at radius 1 is 0.395 bits per heavy atom. The molecule has 0 saturated carbocycles. The molecule has 0 aliphatic carbocycles. The lowest BCUT2D eigenvalue weighted by Crippen LogP contribution is -2.47. The first-order chi connectivity index (χ1) is 18.4. The molecule has 0 N–H and O–H groups in total. The first-order valence-electron chi connectivity index (χ1n) is 16.0. The van der Waals surface area contributed by atoms with Crippen molar-refractivity contribution in [2.24, 2.45) is 0 Å². The third-order valence-electron chi connectivity index (χ3n) is 6.85. The maximum absolute atomic E-state index is 12.6. The zero-order chi connectivity index (χ0) is 28.3. The fourth-order valence-electron chi connectivity index (χ4n) is 4.52. The highest BCUT2D eigenvalue weighted by Crippen LogP contribution is 2.18. The summed E-state index contributed by atoms with van der Waals surface area (Å²) in [4.78, 5) is 37.7. The van der Waals surface area contributed by atoms with Crippen LogP contribution in [-0.4, -0.2) is 26.7 Å². The second kappa shape index (κ2) is 25.9. The van der Waals surface area contributed by atoms with Gasteiger partial charge in [0.25, 0.3) is 17.9 Å². The van der Waals surface area contributed by atoms with E-state index in [0.717, 1.165) is 57.8 Å². The van der Waals surface area contributed by atoms with Gasteiger partial charge in [-0.15, -0.1) is 0 Å². The zero-order valence-corrected chi connectivity index (χ0v) is 26.4. The van der Waals surface area contributed by atoms with E-state index in [2.05, 4.69) is 20.8 Å². The SMILES string of the molecule is CCCCCCCCCC(=O)O[Si](C)(OC(=O)CCCCCCCCC)OC(=O)CCCCCCCCC. The Hall–Kier alpha value is -1.37. The summed E-state index contributed by atoms with van der Waals surface area (Å²) in [6, 6.07) is 0. The average Bonchev–Trinajstić information content (AvgIpc) is 2.86. The van der Waals surface area contributed by atoms with Crippen LogP contribution in [0.5, 0.6) is 0 Å². The summed E-state index contributed by atoms with van der Waals surface area (Å²) in [5.74, 6) is -1.33. The van der Waals surface area contributed by atoms with Crippen molar-refractivity contribution in [3.63, 3.8) is 0 Å². The van der Waals surface area contributed by atoms with E-state index in [1.165, 1.54) is 83.6 Å². The van der Waals surface area contributed by atoms with Crippen LogP contribution in [0.4, 0.5) is 0 Å². The maximum Gasteiger partial charge on any atom is 0.701 e. The van der Waals surface area contributed by atoms with E-state index in [1.54, 1.807) is 0 Å². The van der Waals surface area contributed by atoms with Crippen molar-refractivity contribution < 1.29 is 27.7 Å². The molecule has 0 heterocycles. The summed E-state index contributed by atoms with van der Waals surface area (Å²) in [5, 5.41) is 0. The number of carbonyl (C=O) groups is 3. The van der Waals surface area contributed by atoms with Gasteiger partial charge in [0.2, 0.25) is 0 Å². The molecular formula is C31H60O6Si. The highest BCUT2D eigenvalue weighted by atomic mass is 28.4. The van der Waals surface area contributed by atoms with E-state index in [4.69, 9.17) is 13.3 Å². The lowest BCUT2D eigenvalue weighted by Gasteiger charge is -2.24. The molecule has 38 heavy (non-hydrogen) atoms. The summed E-state index contributed by atoms with van der Waals surface area (Å²) in [5.41, 5.74) is 0. The Kier molecular flexibility index (Phi) is 24.9. The summed E-state index contributed by atoms with van der Waals surface area (Å²) in [7, 11) is -3.75. The van der Waals surface area contributed by atoms with Crippen molar-refractivity contribution in [2.45, 2.75) is 181 Å². The second-order valence-corrected chi connectivity index (χ2v) is 13.2. The number of hydrogen-bond acceptors (Lipinski definition) is 6. The molecule has 0 atom stereocenters. The van der Waals surface area contributed by atoms with Gasteiger partial charge in [-0.3, -0.25) is 14.4 Å². The molecule has 0 amide bonds. The molecule has 0 aromatic rings. The monoisotopic (exact) mass is 556 g/mol. The summed E-state index contributed by atoms with van der Waals surface area (Å²) in [6.45, 7) is 8.08. The van der Waals surface area contributed by atoms with E-state index < -0.39 is 26.7 Å². The van der Waals surface area contributed by atoms with Crippen molar-refractivity contribution in [1.29, 1.82) is 0 Å². The van der Waals surface area contributed by atoms with Crippen LogP contribution in [0.25, 0.3) is 0 Å². The third kappa shape index (κ3) is 23.7. The van der Waals surface area contributed by atoms with Crippen LogP contribution in [0, 0.1) is 0 Å². The van der Waals surface area contributed by atoms with Gasteiger partial charge in [0, 0.05) is 25.8 Å². The lowest BCUT2D eigenvalue weighted by atomic mass is 10.1. The van der Waals surface area contributed by atoms with Crippen LogP contribution >= 0.6 is 0 Å². The first-order valence-corrected chi connectivity index (χ1v) is 18.2. The number of unbranched alkanes of at least 4 members (excludes halogenated alkanes) is 18. The van der Waals surface area contributed by atoms with Crippen LogP contribution < -0.4 is 0 Å². The van der Waals surface area contributed by atoms with Crippen LogP contribution in [0.3, 0.4) is 0 Å². The van der Waals surface area contributed by atoms with Crippen LogP contribution in [0.1, 0.15) is 175 Å². The molecular weight excluding hydrogens is 496 g/mol. The van der Waals surface area contributed by atoms with Crippen LogP contribution in [0.15, 0.2) is 0 Å². The molecule has 0 aromatic heterocycles. The Labute approximate surface area is 235 Å². The molecule has 0 radical (unpaired) electrons. The van der Waals surface area contributed by atoms with Crippen molar-refractivity contribution in [3.8, 4) is 0 Å². The molecule has 0 fully saturated rings. The quantitative estimate of drug-likeness (QED) is 0.0740. The van der Waals surface area contributed by atoms with Gasteiger partial charge in [-0.1, -0.05) is 136 Å². The molecule has 0 rings (SSSR count). The third-order valence-corrected chi connectivity index (χ3v) is 8.65. The fraction of sp³-hybridized carbons (Fsp3) is 0.903. The largest absolute Gasteiger partial charge is 0.701 e. The Morgan fingerprint density at radius 3 is 0.842 bits per heavy atom. The molecule has 0 aromatic carbocycles. The molecule has 0 bridgehead atoms. The van der Waals surface area contributed by atoms with Crippen LogP contribution in [0.2, 0.25) is 6.55 Å². The van der Waals surface area contributed by atoms with Crippen molar-refractivity contribution in [3.05, 3.63) is 0 Å². The van der Waals surface area contributed by atoms with Gasteiger partial charge >= 0.3 is 8.80 Å². The van der Waals surface area contributed by atoms with Crippen molar-refractivity contribution >= 4 is 26.7 Å². The van der Waals surface area contributed by atoms with Gasteiger partial charge in [0.05, 0.1) is 0 Å². The fourth-order valence-corrected chi connectivity index (χ4v) is 6.19. The van der Waals surface area contributed by atoms with E-state index in [9.17, 15) is 14.4 Å². The minimum atomic E-state index is -3.75. The van der Waals surface area contributed by atoms with E-state index in [-0.39, 0.29) is 19.3 Å². The average molecular weight is 557 g/mol. The molecule has 6 nitrogen and oxygen atoms in total. The van der Waals surface area contributed by atoms with E-state index >= 15 is 0 Å². The van der Waals surface area contributed by atoms with Gasteiger partial charge in [0.1, 0.15) is 0 Å².